The Bertz CT molecular complexity index is 336. The van der Waals surface area contributed by atoms with E-state index in [4.69, 9.17) is 4.74 Å². The van der Waals surface area contributed by atoms with Crippen LogP contribution in [0.25, 0.3) is 0 Å². The average Bonchev–Trinajstić information content (AvgIpc) is 2.76. The van der Waals surface area contributed by atoms with Crippen LogP contribution >= 0.6 is 11.5 Å². The maximum Gasteiger partial charge on any atom is 0.0772 e. The minimum atomic E-state index is 0.420. The van der Waals surface area contributed by atoms with Crippen LogP contribution in [-0.2, 0) is 4.74 Å². The average molecular weight is 255 g/mol. The summed E-state index contributed by atoms with van der Waals surface area (Å²) in [5.41, 5.74) is 1.08. The molecule has 0 saturated carbocycles. The molecule has 0 amide bonds. The molecule has 1 aliphatic heterocycles. The summed E-state index contributed by atoms with van der Waals surface area (Å²) in [6.07, 6.45) is 3.56. The zero-order valence-corrected chi connectivity index (χ0v) is 11.4. The molecule has 1 unspecified atom stereocenters. The Labute approximate surface area is 107 Å². The first-order valence-electron chi connectivity index (χ1n) is 6.41. The Morgan fingerprint density at radius 2 is 2.24 bits per heavy atom. The van der Waals surface area contributed by atoms with Crippen molar-refractivity contribution < 1.29 is 4.74 Å². The molecule has 2 heterocycles. The van der Waals surface area contributed by atoms with E-state index in [9.17, 15) is 0 Å². The maximum atomic E-state index is 5.41. The van der Waals surface area contributed by atoms with Gasteiger partial charge in [0.15, 0.2) is 0 Å². The van der Waals surface area contributed by atoms with Crippen LogP contribution in [-0.4, -0.2) is 29.3 Å². The van der Waals surface area contributed by atoms with Crippen molar-refractivity contribution in [2.24, 2.45) is 5.92 Å². The number of nitrogens with one attached hydrogen (secondary N) is 1. The van der Waals surface area contributed by atoms with Gasteiger partial charge in [-0.25, -0.2) is 0 Å². The number of hydrogen-bond donors (Lipinski definition) is 1. The summed E-state index contributed by atoms with van der Waals surface area (Å²) < 4.78 is 9.46. The van der Waals surface area contributed by atoms with Gasteiger partial charge in [0.05, 0.1) is 10.6 Å². The van der Waals surface area contributed by atoms with Crippen LogP contribution in [0.15, 0.2) is 0 Å². The van der Waals surface area contributed by atoms with E-state index in [1.165, 1.54) is 35.7 Å². The van der Waals surface area contributed by atoms with Crippen LogP contribution in [0.5, 0.6) is 0 Å². The highest BCUT2D eigenvalue weighted by Gasteiger charge is 2.22. The van der Waals surface area contributed by atoms with Gasteiger partial charge in [0.25, 0.3) is 0 Å². The molecule has 1 atom stereocenters. The van der Waals surface area contributed by atoms with Crippen LogP contribution in [0.4, 0.5) is 0 Å². The summed E-state index contributed by atoms with van der Waals surface area (Å²) in [5.74, 6) is 0.772. The Morgan fingerprint density at radius 1 is 1.47 bits per heavy atom. The van der Waals surface area contributed by atoms with E-state index in [-0.39, 0.29) is 0 Å². The molecule has 0 spiro atoms. The van der Waals surface area contributed by atoms with Crippen molar-refractivity contribution in [3.05, 3.63) is 10.6 Å². The van der Waals surface area contributed by atoms with Gasteiger partial charge in [0, 0.05) is 19.3 Å². The number of aromatic nitrogens is 2. The molecule has 1 aromatic heterocycles. The fourth-order valence-electron chi connectivity index (χ4n) is 2.40. The fourth-order valence-corrected chi connectivity index (χ4v) is 3.13. The van der Waals surface area contributed by atoms with Crippen molar-refractivity contribution in [1.29, 1.82) is 0 Å². The first kappa shape index (κ1) is 12.9. The molecule has 0 aromatic carbocycles. The molecule has 5 heteroatoms. The van der Waals surface area contributed by atoms with Gasteiger partial charge in [-0.1, -0.05) is 11.4 Å². The molecule has 1 saturated heterocycles. The van der Waals surface area contributed by atoms with Crippen molar-refractivity contribution in [2.45, 2.75) is 39.2 Å². The van der Waals surface area contributed by atoms with Crippen LogP contribution in [0.2, 0.25) is 0 Å². The van der Waals surface area contributed by atoms with E-state index in [1.54, 1.807) is 0 Å². The Hall–Kier alpha value is -0.520. The second-order valence-corrected chi connectivity index (χ2v) is 5.41. The molecular formula is C12H21N3OS. The van der Waals surface area contributed by atoms with Gasteiger partial charge < -0.3 is 10.1 Å². The van der Waals surface area contributed by atoms with Gasteiger partial charge in [0.2, 0.25) is 0 Å². The van der Waals surface area contributed by atoms with E-state index in [2.05, 4.69) is 21.8 Å². The van der Waals surface area contributed by atoms with E-state index in [1.807, 2.05) is 6.92 Å². The summed E-state index contributed by atoms with van der Waals surface area (Å²) in [4.78, 5) is 1.30. The molecule has 1 N–H and O–H groups in total. The van der Waals surface area contributed by atoms with Crippen LogP contribution in [0.3, 0.4) is 0 Å². The quantitative estimate of drug-likeness (QED) is 0.877. The van der Waals surface area contributed by atoms with Gasteiger partial charge in [-0.3, -0.25) is 0 Å². The molecule has 4 nitrogen and oxygen atoms in total. The van der Waals surface area contributed by atoms with Crippen LogP contribution < -0.4 is 5.32 Å². The lowest BCUT2D eigenvalue weighted by atomic mass is 9.91. The molecule has 1 aliphatic rings. The van der Waals surface area contributed by atoms with Gasteiger partial charge >= 0.3 is 0 Å². The molecule has 1 aromatic rings. The number of hydrogen-bond acceptors (Lipinski definition) is 5. The van der Waals surface area contributed by atoms with Crippen molar-refractivity contribution in [3.8, 4) is 0 Å². The zero-order chi connectivity index (χ0) is 12.1. The Morgan fingerprint density at radius 3 is 2.82 bits per heavy atom. The highest BCUT2D eigenvalue weighted by Crippen LogP contribution is 2.30. The summed E-state index contributed by atoms with van der Waals surface area (Å²) >= 11 is 1.53. The topological polar surface area (TPSA) is 47.0 Å². The van der Waals surface area contributed by atoms with Gasteiger partial charge in [-0.2, -0.15) is 0 Å². The molecule has 0 radical (unpaired) electrons. The third-order valence-corrected chi connectivity index (χ3v) is 4.30. The van der Waals surface area contributed by atoms with E-state index in [0.29, 0.717) is 6.04 Å². The Kier molecular flexibility index (Phi) is 4.88. The largest absolute Gasteiger partial charge is 0.381 e. The van der Waals surface area contributed by atoms with Gasteiger partial charge in [0.1, 0.15) is 0 Å². The monoisotopic (exact) mass is 255 g/mol. The van der Waals surface area contributed by atoms with Crippen molar-refractivity contribution in [3.63, 3.8) is 0 Å². The summed E-state index contributed by atoms with van der Waals surface area (Å²) in [5, 5.41) is 7.68. The minimum Gasteiger partial charge on any atom is -0.381 e. The highest BCUT2D eigenvalue weighted by molar-refractivity contribution is 7.05. The van der Waals surface area contributed by atoms with Crippen LogP contribution in [0.1, 0.15) is 42.8 Å². The maximum absolute atomic E-state index is 5.41. The standard InChI is InChI=1S/C12H21N3OS/c1-3-13-11(12-9(2)14-15-17-12)8-10-4-6-16-7-5-10/h10-11,13H,3-8H2,1-2H3. The molecule has 0 bridgehead atoms. The van der Waals surface area contributed by atoms with E-state index < -0.39 is 0 Å². The lowest BCUT2D eigenvalue weighted by molar-refractivity contribution is 0.0607. The zero-order valence-electron chi connectivity index (χ0n) is 10.6. The Balaban J connectivity index is 1.99. The molecule has 2 rings (SSSR count). The number of aryl methyl sites for hydroxylation is 1. The summed E-state index contributed by atoms with van der Waals surface area (Å²) in [6, 6.07) is 0.420. The van der Waals surface area contributed by atoms with Gasteiger partial charge in [-0.05, 0) is 50.2 Å². The first-order valence-corrected chi connectivity index (χ1v) is 7.18. The molecule has 96 valence electrons. The fraction of sp³-hybridized carbons (Fsp3) is 0.833. The number of rotatable bonds is 5. The normalized spacial score (nSPS) is 19.4. The second-order valence-electron chi connectivity index (χ2n) is 4.62. The molecule has 0 aliphatic carbocycles. The number of nitrogens with zero attached hydrogens (tertiary/aromatic N) is 2. The summed E-state index contributed by atoms with van der Waals surface area (Å²) in [7, 11) is 0. The number of ether oxygens (including phenoxy) is 1. The van der Waals surface area contributed by atoms with E-state index in [0.717, 1.165) is 31.4 Å². The predicted octanol–water partition coefficient (Wildman–Crippen LogP) is 2.31. The molecule has 17 heavy (non-hydrogen) atoms. The first-order chi connectivity index (χ1) is 8.31. The van der Waals surface area contributed by atoms with E-state index >= 15 is 0 Å². The summed E-state index contributed by atoms with van der Waals surface area (Å²) in [6.45, 7) is 7.03. The second kappa shape index (κ2) is 6.42. The van der Waals surface area contributed by atoms with Crippen molar-refractivity contribution >= 4 is 11.5 Å². The third-order valence-electron chi connectivity index (χ3n) is 3.36. The lowest BCUT2D eigenvalue weighted by Gasteiger charge is -2.26. The smallest absolute Gasteiger partial charge is 0.0772 e. The lowest BCUT2D eigenvalue weighted by Crippen LogP contribution is -2.26. The molecular weight excluding hydrogens is 234 g/mol. The third kappa shape index (κ3) is 3.47. The van der Waals surface area contributed by atoms with Crippen molar-refractivity contribution in [1.82, 2.24) is 14.9 Å². The minimum absolute atomic E-state index is 0.420. The van der Waals surface area contributed by atoms with Crippen LogP contribution in [0, 0.1) is 12.8 Å². The SMILES string of the molecule is CCNC(CC1CCOCC1)c1snnc1C. The highest BCUT2D eigenvalue weighted by atomic mass is 32.1. The van der Waals surface area contributed by atoms with Crippen molar-refractivity contribution in [2.75, 3.05) is 19.8 Å². The van der Waals surface area contributed by atoms with Gasteiger partial charge in [-0.15, -0.1) is 5.10 Å². The predicted molar refractivity (Wildman–Crippen MR) is 69.2 cm³/mol. The molecule has 1 fully saturated rings.